The van der Waals surface area contributed by atoms with Gasteiger partial charge in [-0.1, -0.05) is 44.2 Å². The summed E-state index contributed by atoms with van der Waals surface area (Å²) in [4.78, 5) is 68.7. The van der Waals surface area contributed by atoms with Crippen LogP contribution in [0.3, 0.4) is 0 Å². The fourth-order valence-electron chi connectivity index (χ4n) is 13.2. The maximum atomic E-state index is 16.1. The van der Waals surface area contributed by atoms with Crippen molar-refractivity contribution in [3.05, 3.63) is 70.9 Å². The molecule has 3 fully saturated rings. The van der Waals surface area contributed by atoms with Crippen LogP contribution < -0.4 is 9.64 Å². The van der Waals surface area contributed by atoms with Crippen molar-refractivity contribution in [2.24, 2.45) is 11.3 Å². The number of ether oxygens (including phenoxy) is 4. The molecule has 0 amide bonds. The number of benzene rings is 2. The Hall–Kier alpha value is -4.89. The highest BCUT2D eigenvalue weighted by molar-refractivity contribution is 7.79. The van der Waals surface area contributed by atoms with Crippen molar-refractivity contribution >= 4 is 50.7 Å². The Balaban J connectivity index is 0.00000109. The molecule has 6 heterocycles. The Morgan fingerprint density at radius 2 is 1.65 bits per heavy atom. The van der Waals surface area contributed by atoms with E-state index in [1.807, 2.05) is 61.2 Å². The highest BCUT2D eigenvalue weighted by Gasteiger charge is 2.80. The summed E-state index contributed by atoms with van der Waals surface area (Å²) in [6.07, 6.45) is 4.63. The molecule has 5 aliphatic heterocycles. The number of para-hydroxylation sites is 1. The molecule has 3 aromatic rings. The van der Waals surface area contributed by atoms with Crippen molar-refractivity contribution in [3.8, 4) is 5.75 Å². The average Bonchev–Trinajstić information content (AvgIpc) is 3.93. The molecular weight excluding hydrogens is 865 g/mol. The van der Waals surface area contributed by atoms with Gasteiger partial charge in [0.1, 0.15) is 5.75 Å². The van der Waals surface area contributed by atoms with Gasteiger partial charge in [0.15, 0.2) is 17.3 Å². The number of nitrogens with zero attached hydrogens (tertiary/aromatic N) is 3. The zero-order chi connectivity index (χ0) is 47.2. The van der Waals surface area contributed by atoms with Crippen molar-refractivity contribution in [1.82, 2.24) is 14.8 Å². The van der Waals surface area contributed by atoms with E-state index in [4.69, 9.17) is 36.5 Å². The fraction of sp³-hybridized carbons (Fsp3) is 0.565. The van der Waals surface area contributed by atoms with E-state index in [9.17, 15) is 19.8 Å². The van der Waals surface area contributed by atoms with Crippen LogP contribution in [0.4, 0.5) is 5.69 Å². The van der Waals surface area contributed by atoms with Gasteiger partial charge in [-0.3, -0.25) is 33.3 Å². The number of anilines is 1. The molecule has 10 atom stereocenters. The van der Waals surface area contributed by atoms with Crippen LogP contribution in [0, 0.1) is 11.3 Å². The van der Waals surface area contributed by atoms with Crippen LogP contribution >= 0.6 is 0 Å². The second-order valence-electron chi connectivity index (χ2n) is 18.5. The molecule has 2 aromatic carbocycles. The fourth-order valence-corrected chi connectivity index (χ4v) is 13.2. The minimum absolute atomic E-state index is 0.154. The van der Waals surface area contributed by atoms with Crippen LogP contribution in [-0.2, 0) is 61.0 Å². The molecule has 0 radical (unpaired) electrons. The smallest absolute Gasteiger partial charge is 0.394 e. The molecule has 65 heavy (non-hydrogen) atoms. The number of hydrogen-bond donors (Lipinski definition) is 5. The lowest BCUT2D eigenvalue weighted by Crippen LogP contribution is -2.81. The SMILES string of the molecule is CC[C@]1(O)C[C@@H]2CN(CCc3c([nH]c4ccccc34)[C@@](C(=O)OC)(c3cc4c(cc3OC)N(C)[C@H]3[C@@](O)(C(=O)OC)[C@H](OC(C)=O)[C@]5(CC)C=CCN6CC[C@]43[C@@H]65)C2=O)C1.O=S(=O)(O)O. The lowest BCUT2D eigenvalue weighted by Gasteiger charge is -2.63. The molecule has 2 bridgehead atoms. The number of methoxy groups -OCH3 is 3. The number of ketones is 1. The third kappa shape index (κ3) is 6.66. The number of aromatic nitrogens is 1. The van der Waals surface area contributed by atoms with Gasteiger partial charge < -0.3 is 39.0 Å². The van der Waals surface area contributed by atoms with E-state index in [2.05, 4.69) is 14.8 Å². The zero-order valence-electron chi connectivity index (χ0n) is 37.6. The molecule has 1 aliphatic carbocycles. The predicted molar refractivity (Wildman–Crippen MR) is 235 cm³/mol. The summed E-state index contributed by atoms with van der Waals surface area (Å²) in [6, 6.07) is 10.0. The van der Waals surface area contributed by atoms with Gasteiger partial charge in [-0.2, -0.15) is 8.42 Å². The molecule has 6 aliphatic rings. The van der Waals surface area contributed by atoms with Crippen LogP contribution in [0.15, 0.2) is 48.6 Å². The Morgan fingerprint density at radius 3 is 2.28 bits per heavy atom. The van der Waals surface area contributed by atoms with Gasteiger partial charge in [0.05, 0.1) is 33.0 Å². The molecule has 1 spiro atoms. The standard InChI is InChI=1S/C46H56N4O10.H2O4S/c1-8-42(55)23-27-24-49(25-42)19-15-29-28-13-10-11-14-32(28)47-35(29)45(36(27)52,40(53)58-6)31-21-30-33(22-34(31)57-5)48(4)38-44(30)17-20-50-18-12-16-43(9-2,37(44)50)39(60-26(3)51)46(38,56)41(54)59-7;1-5(2,3)4/h10-14,16,21-22,27,37-39,47,55-56H,8-9,15,17-20,23-25H2,1-7H3;(H2,1,2,3,4)/t27-,37+,38-,39-,42+,43-,44-,45+,46+;/m1./s1. The van der Waals surface area contributed by atoms with Gasteiger partial charge in [0, 0.05) is 96.9 Å². The van der Waals surface area contributed by atoms with Gasteiger partial charge >= 0.3 is 28.3 Å². The number of hydrogen-bond acceptors (Lipinski definition) is 15. The lowest BCUT2D eigenvalue weighted by atomic mass is 9.47. The first-order chi connectivity index (χ1) is 30.7. The number of rotatable bonds is 7. The third-order valence-corrected chi connectivity index (χ3v) is 15.5. The molecular formula is C46H58N4O14S. The molecule has 2 saturated heterocycles. The van der Waals surface area contributed by atoms with Gasteiger partial charge in [-0.15, -0.1) is 0 Å². The van der Waals surface area contributed by atoms with E-state index in [-0.39, 0.29) is 17.7 Å². The summed E-state index contributed by atoms with van der Waals surface area (Å²) >= 11 is 0. The minimum Gasteiger partial charge on any atom is -0.496 e. The number of carbonyl (C=O) groups is 4. The summed E-state index contributed by atoms with van der Waals surface area (Å²) in [5.74, 6) is -3.32. The molecule has 1 unspecified atom stereocenters. The lowest BCUT2D eigenvalue weighted by molar-refractivity contribution is -0.228. The van der Waals surface area contributed by atoms with Crippen LogP contribution in [0.25, 0.3) is 10.9 Å². The topological polar surface area (TPSA) is 246 Å². The first-order valence-corrected chi connectivity index (χ1v) is 23.3. The molecule has 9 rings (SSSR count). The second kappa shape index (κ2) is 16.2. The van der Waals surface area contributed by atoms with Crippen LogP contribution in [0.5, 0.6) is 5.75 Å². The first-order valence-electron chi connectivity index (χ1n) is 21.9. The molecule has 1 saturated carbocycles. The van der Waals surface area contributed by atoms with E-state index in [0.717, 1.165) is 22.0 Å². The monoisotopic (exact) mass is 922 g/mol. The quantitative estimate of drug-likeness (QED) is 0.0752. The number of esters is 3. The predicted octanol–water partition coefficient (Wildman–Crippen LogP) is 2.52. The largest absolute Gasteiger partial charge is 0.496 e. The van der Waals surface area contributed by atoms with Gasteiger partial charge in [0.25, 0.3) is 0 Å². The van der Waals surface area contributed by atoms with E-state index in [1.54, 1.807) is 13.1 Å². The Morgan fingerprint density at radius 1 is 0.954 bits per heavy atom. The van der Waals surface area contributed by atoms with Crippen molar-refractivity contribution < 1.29 is 65.9 Å². The number of likely N-dealkylation sites (N-methyl/N-ethyl adjacent to an activating group) is 1. The molecule has 352 valence electrons. The number of H-pyrrole nitrogens is 1. The first kappa shape index (κ1) is 46.6. The van der Waals surface area contributed by atoms with Gasteiger partial charge in [-0.05, 0) is 61.9 Å². The molecule has 5 N–H and O–H groups in total. The summed E-state index contributed by atoms with van der Waals surface area (Å²) in [5, 5.41) is 26.1. The van der Waals surface area contributed by atoms with Crippen molar-refractivity contribution in [2.45, 2.75) is 93.1 Å². The molecule has 19 heteroatoms. The molecule has 18 nitrogen and oxygen atoms in total. The average molecular weight is 923 g/mol. The number of aromatic amines is 1. The number of carbonyl (C=O) groups excluding carboxylic acids is 4. The third-order valence-electron chi connectivity index (χ3n) is 15.5. The minimum atomic E-state index is -4.67. The van der Waals surface area contributed by atoms with Crippen molar-refractivity contribution in [1.29, 1.82) is 0 Å². The van der Waals surface area contributed by atoms with Crippen LogP contribution in [0.1, 0.15) is 68.8 Å². The number of piperidine rings is 1. The Bertz CT molecular complexity index is 2590. The second-order valence-corrected chi connectivity index (χ2v) is 19.4. The summed E-state index contributed by atoms with van der Waals surface area (Å²) < 4.78 is 55.2. The highest BCUT2D eigenvalue weighted by atomic mass is 32.3. The highest BCUT2D eigenvalue weighted by Crippen LogP contribution is 2.68. The van der Waals surface area contributed by atoms with Gasteiger partial charge in [-0.25, -0.2) is 4.79 Å². The normalized spacial score (nSPS) is 34.7. The van der Waals surface area contributed by atoms with Crippen LogP contribution in [0.2, 0.25) is 0 Å². The number of Topliss-reactive ketones (excluding diaryl/α,β-unsaturated/α-hetero) is 1. The van der Waals surface area contributed by atoms with Crippen LogP contribution in [-0.4, -0.2) is 157 Å². The maximum Gasteiger partial charge on any atom is 0.394 e. The molecule has 1 aromatic heterocycles. The van der Waals surface area contributed by atoms with E-state index >= 15 is 9.59 Å². The van der Waals surface area contributed by atoms with Crippen molar-refractivity contribution in [3.63, 3.8) is 0 Å². The summed E-state index contributed by atoms with van der Waals surface area (Å²) in [6.45, 7) is 7.64. The Kier molecular flexibility index (Phi) is 11.6. The van der Waals surface area contributed by atoms with Gasteiger partial charge in [0.2, 0.25) is 5.60 Å². The summed E-state index contributed by atoms with van der Waals surface area (Å²) in [5.41, 5.74) is -4.17. The van der Waals surface area contributed by atoms with Crippen molar-refractivity contribution in [2.75, 3.05) is 66.0 Å². The number of fused-ring (bicyclic) bond motifs is 6. The summed E-state index contributed by atoms with van der Waals surface area (Å²) in [7, 11) is 1.13. The van der Waals surface area contributed by atoms with E-state index < -0.39 is 85.6 Å². The maximum absolute atomic E-state index is 16.1. The van der Waals surface area contributed by atoms with E-state index in [1.165, 1.54) is 28.3 Å². The number of aliphatic hydroxyl groups is 2. The Labute approximate surface area is 377 Å². The van der Waals surface area contributed by atoms with E-state index in [0.29, 0.717) is 69.8 Å². The number of nitrogens with one attached hydrogen (secondary N) is 1. The zero-order valence-corrected chi connectivity index (χ0v) is 38.4.